The summed E-state index contributed by atoms with van der Waals surface area (Å²) in [7, 11) is 0. The van der Waals surface area contributed by atoms with Crippen LogP contribution >= 0.6 is 11.3 Å². The molecule has 5 aromatic rings. The summed E-state index contributed by atoms with van der Waals surface area (Å²) in [6.45, 7) is 1.48. The molecule has 0 saturated carbocycles. The van der Waals surface area contributed by atoms with Gasteiger partial charge >= 0.3 is 0 Å². The Balaban J connectivity index is 1.46. The number of nitrogens with one attached hydrogen (secondary N) is 1. The lowest BCUT2D eigenvalue weighted by Gasteiger charge is -2.25. The minimum atomic E-state index is -0.515. The van der Waals surface area contributed by atoms with Crippen LogP contribution in [0.3, 0.4) is 0 Å². The number of fused-ring (bicyclic) bond motifs is 1. The first-order valence-electron chi connectivity index (χ1n) is 11.1. The highest BCUT2D eigenvalue weighted by Crippen LogP contribution is 2.33. The molecular formula is C29H24N2O2S. The topological polar surface area (TPSA) is 52.6 Å². The van der Waals surface area contributed by atoms with E-state index in [0.717, 1.165) is 18.8 Å². The summed E-state index contributed by atoms with van der Waals surface area (Å²) in [5.41, 5.74) is 8.05. The molecule has 0 saturated heterocycles. The molecule has 1 aromatic heterocycles. The van der Waals surface area contributed by atoms with E-state index in [1.54, 1.807) is 28.9 Å². The van der Waals surface area contributed by atoms with E-state index in [-0.39, 0.29) is 0 Å². The molecule has 5 rings (SSSR count). The van der Waals surface area contributed by atoms with Gasteiger partial charge in [0.05, 0.1) is 0 Å². The number of thiophene rings is 1. The van der Waals surface area contributed by atoms with Gasteiger partial charge in [0, 0.05) is 29.0 Å². The number of benzene rings is 4. The van der Waals surface area contributed by atoms with Crippen LogP contribution in [0.15, 0.2) is 109 Å². The molecule has 0 aliphatic carbocycles. The number of rotatable bonds is 7. The van der Waals surface area contributed by atoms with Crippen molar-refractivity contribution in [3.8, 4) is 11.1 Å². The van der Waals surface area contributed by atoms with Gasteiger partial charge in [-0.3, -0.25) is 10.0 Å². The van der Waals surface area contributed by atoms with Crippen molar-refractivity contribution in [2.75, 3.05) is 4.90 Å². The summed E-state index contributed by atoms with van der Waals surface area (Å²) in [6.07, 6.45) is 0. The normalized spacial score (nSPS) is 10.9. The zero-order chi connectivity index (χ0) is 23.3. The van der Waals surface area contributed by atoms with Crippen molar-refractivity contribution in [2.45, 2.75) is 13.1 Å². The van der Waals surface area contributed by atoms with Crippen molar-refractivity contribution in [3.05, 3.63) is 125 Å². The molecule has 0 spiro atoms. The van der Waals surface area contributed by atoms with E-state index in [4.69, 9.17) is 5.21 Å². The Morgan fingerprint density at radius 2 is 1.50 bits per heavy atom. The fraction of sp³-hybridized carbons (Fsp3) is 0.0690. The van der Waals surface area contributed by atoms with Crippen molar-refractivity contribution in [2.24, 2.45) is 0 Å². The van der Waals surface area contributed by atoms with Crippen molar-refractivity contribution < 1.29 is 10.0 Å². The van der Waals surface area contributed by atoms with E-state index in [1.165, 1.54) is 32.3 Å². The number of anilines is 1. The maximum Gasteiger partial charge on any atom is 0.274 e. The summed E-state index contributed by atoms with van der Waals surface area (Å²) < 4.78 is 1.27. The summed E-state index contributed by atoms with van der Waals surface area (Å²) in [4.78, 5) is 14.1. The molecule has 0 aliphatic heterocycles. The predicted octanol–water partition coefficient (Wildman–Crippen LogP) is 6.89. The fourth-order valence-electron chi connectivity index (χ4n) is 4.15. The van der Waals surface area contributed by atoms with Crippen LogP contribution in [0.2, 0.25) is 0 Å². The van der Waals surface area contributed by atoms with E-state index in [9.17, 15) is 4.79 Å². The second kappa shape index (κ2) is 9.91. The standard InChI is InChI=1S/C29H24N2O2S/c32-29(30-33)23-11-14-26(15-12-23)31(18-21-7-3-1-4-8-21)19-25-20-34-28-17-24(13-16-27(25)28)22-9-5-2-6-10-22/h1-17,20,33H,18-19H2,(H,30,32). The minimum absolute atomic E-state index is 0.417. The van der Waals surface area contributed by atoms with Gasteiger partial charge in [0.1, 0.15) is 0 Å². The summed E-state index contributed by atoms with van der Waals surface area (Å²) in [5, 5.41) is 12.4. The number of amides is 1. The van der Waals surface area contributed by atoms with Crippen LogP contribution in [-0.2, 0) is 13.1 Å². The number of carbonyl (C=O) groups is 1. The second-order valence-electron chi connectivity index (χ2n) is 8.17. The van der Waals surface area contributed by atoms with E-state index in [2.05, 4.69) is 64.9 Å². The number of hydroxylamine groups is 1. The number of nitrogens with zero attached hydrogens (tertiary/aromatic N) is 1. The van der Waals surface area contributed by atoms with E-state index >= 15 is 0 Å². The van der Waals surface area contributed by atoms with E-state index in [1.807, 2.05) is 36.4 Å². The van der Waals surface area contributed by atoms with Gasteiger partial charge in [-0.15, -0.1) is 11.3 Å². The summed E-state index contributed by atoms with van der Waals surface area (Å²) in [6, 6.07) is 34.8. The van der Waals surface area contributed by atoms with E-state index in [0.29, 0.717) is 5.56 Å². The molecule has 168 valence electrons. The second-order valence-corrected chi connectivity index (χ2v) is 9.08. The van der Waals surface area contributed by atoms with Crippen LogP contribution in [-0.4, -0.2) is 11.1 Å². The maximum absolute atomic E-state index is 11.7. The molecule has 2 N–H and O–H groups in total. The van der Waals surface area contributed by atoms with Gasteiger partial charge in [-0.1, -0.05) is 72.8 Å². The first-order chi connectivity index (χ1) is 16.7. The van der Waals surface area contributed by atoms with Crippen LogP contribution in [0.5, 0.6) is 0 Å². The van der Waals surface area contributed by atoms with Gasteiger partial charge in [0.2, 0.25) is 0 Å². The van der Waals surface area contributed by atoms with Gasteiger partial charge in [0.25, 0.3) is 5.91 Å². The highest BCUT2D eigenvalue weighted by Gasteiger charge is 2.14. The van der Waals surface area contributed by atoms with Crippen LogP contribution < -0.4 is 10.4 Å². The summed E-state index contributed by atoms with van der Waals surface area (Å²) in [5.74, 6) is -0.515. The van der Waals surface area contributed by atoms with Gasteiger partial charge in [-0.05, 0) is 63.4 Å². The monoisotopic (exact) mass is 464 g/mol. The third-order valence-electron chi connectivity index (χ3n) is 5.94. The molecule has 0 unspecified atom stereocenters. The highest BCUT2D eigenvalue weighted by atomic mass is 32.1. The Bertz CT molecular complexity index is 1400. The predicted molar refractivity (Wildman–Crippen MR) is 139 cm³/mol. The first kappa shape index (κ1) is 21.9. The van der Waals surface area contributed by atoms with Gasteiger partial charge in [-0.2, -0.15) is 0 Å². The molecule has 0 fully saturated rings. The highest BCUT2D eigenvalue weighted by molar-refractivity contribution is 7.17. The fourth-order valence-corrected chi connectivity index (χ4v) is 5.14. The molecule has 1 heterocycles. The molecule has 1 amide bonds. The maximum atomic E-state index is 11.7. The van der Waals surface area contributed by atoms with Crippen molar-refractivity contribution in [3.63, 3.8) is 0 Å². The average molecular weight is 465 g/mol. The third kappa shape index (κ3) is 4.71. The number of hydrogen-bond donors (Lipinski definition) is 2. The molecule has 4 aromatic carbocycles. The Morgan fingerprint density at radius 1 is 0.794 bits per heavy atom. The molecule has 34 heavy (non-hydrogen) atoms. The van der Waals surface area contributed by atoms with E-state index < -0.39 is 5.91 Å². The van der Waals surface area contributed by atoms with Crippen molar-refractivity contribution in [1.82, 2.24) is 5.48 Å². The third-order valence-corrected chi connectivity index (χ3v) is 6.93. The lowest BCUT2D eigenvalue weighted by molar-refractivity contribution is 0.0706. The Morgan fingerprint density at radius 3 is 2.21 bits per heavy atom. The van der Waals surface area contributed by atoms with Gasteiger partial charge in [-0.25, -0.2) is 5.48 Å². The Hall–Kier alpha value is -3.93. The Kier molecular flexibility index (Phi) is 6.38. The zero-order valence-electron chi connectivity index (χ0n) is 18.5. The minimum Gasteiger partial charge on any atom is -0.363 e. The van der Waals surface area contributed by atoms with Crippen LogP contribution in [0.25, 0.3) is 21.2 Å². The molecule has 0 bridgehead atoms. The lowest BCUT2D eigenvalue weighted by Crippen LogP contribution is -2.22. The number of hydrogen-bond acceptors (Lipinski definition) is 4. The SMILES string of the molecule is O=C(NO)c1ccc(N(Cc2ccccc2)Cc2csc3cc(-c4ccccc4)ccc23)cc1. The molecule has 5 heteroatoms. The molecule has 0 atom stereocenters. The van der Waals surface area contributed by atoms with Gasteiger partial charge < -0.3 is 4.90 Å². The van der Waals surface area contributed by atoms with Gasteiger partial charge in [0.15, 0.2) is 0 Å². The van der Waals surface area contributed by atoms with Crippen molar-refractivity contribution >= 4 is 33.0 Å². The van der Waals surface area contributed by atoms with Crippen molar-refractivity contribution in [1.29, 1.82) is 0 Å². The Labute approximate surface area is 202 Å². The quantitative estimate of drug-likeness (QED) is 0.204. The van der Waals surface area contributed by atoms with Crippen LogP contribution in [0.1, 0.15) is 21.5 Å². The molecular weight excluding hydrogens is 440 g/mol. The molecule has 0 radical (unpaired) electrons. The number of carbonyl (C=O) groups excluding carboxylic acids is 1. The molecule has 0 aliphatic rings. The summed E-state index contributed by atoms with van der Waals surface area (Å²) >= 11 is 1.77. The lowest BCUT2D eigenvalue weighted by atomic mass is 10.0. The zero-order valence-corrected chi connectivity index (χ0v) is 19.3. The van der Waals surface area contributed by atoms with Crippen LogP contribution in [0.4, 0.5) is 5.69 Å². The average Bonchev–Trinajstić information content (AvgIpc) is 3.31. The first-order valence-corrected chi connectivity index (χ1v) is 12.0. The molecule has 4 nitrogen and oxygen atoms in total. The smallest absolute Gasteiger partial charge is 0.274 e. The largest absolute Gasteiger partial charge is 0.363 e. The van der Waals surface area contributed by atoms with Crippen LogP contribution in [0, 0.1) is 0 Å².